The summed E-state index contributed by atoms with van der Waals surface area (Å²) in [5.74, 6) is 0. The SMILES string of the molecule is CNC(C)c1ccc(Cc2ccncc2)cc1Cl. The highest BCUT2D eigenvalue weighted by Crippen LogP contribution is 2.24. The number of rotatable bonds is 4. The number of nitrogens with one attached hydrogen (secondary N) is 1. The smallest absolute Gasteiger partial charge is 0.0456 e. The molecule has 1 N–H and O–H groups in total. The van der Waals surface area contributed by atoms with Crippen LogP contribution >= 0.6 is 11.6 Å². The van der Waals surface area contributed by atoms with Gasteiger partial charge in [0.05, 0.1) is 0 Å². The van der Waals surface area contributed by atoms with Gasteiger partial charge in [0.25, 0.3) is 0 Å². The highest BCUT2D eigenvalue weighted by atomic mass is 35.5. The maximum absolute atomic E-state index is 6.32. The summed E-state index contributed by atoms with van der Waals surface area (Å²) < 4.78 is 0. The number of nitrogens with zero attached hydrogens (tertiary/aromatic N) is 1. The van der Waals surface area contributed by atoms with Crippen molar-refractivity contribution in [3.8, 4) is 0 Å². The van der Waals surface area contributed by atoms with Gasteiger partial charge in [0.15, 0.2) is 0 Å². The van der Waals surface area contributed by atoms with Gasteiger partial charge in [0.1, 0.15) is 0 Å². The Balaban J connectivity index is 2.19. The summed E-state index contributed by atoms with van der Waals surface area (Å²) >= 11 is 6.32. The van der Waals surface area contributed by atoms with Gasteiger partial charge in [-0.05, 0) is 55.3 Å². The molecule has 2 rings (SSSR count). The normalized spacial score (nSPS) is 12.4. The first-order valence-electron chi connectivity index (χ1n) is 6.05. The molecule has 0 fully saturated rings. The molecule has 3 heteroatoms. The van der Waals surface area contributed by atoms with Crippen molar-refractivity contribution in [2.75, 3.05) is 7.05 Å². The predicted molar refractivity (Wildman–Crippen MR) is 76.0 cm³/mol. The van der Waals surface area contributed by atoms with Crippen molar-refractivity contribution < 1.29 is 0 Å². The molecule has 94 valence electrons. The third-order valence-electron chi connectivity index (χ3n) is 3.12. The Labute approximate surface area is 113 Å². The number of hydrogen-bond donors (Lipinski definition) is 1. The minimum Gasteiger partial charge on any atom is -0.313 e. The second-order valence-electron chi connectivity index (χ2n) is 4.40. The van der Waals surface area contributed by atoms with Gasteiger partial charge in [0.2, 0.25) is 0 Å². The Hall–Kier alpha value is -1.38. The zero-order valence-electron chi connectivity index (χ0n) is 10.7. The standard InChI is InChI=1S/C15H17ClN2/c1-11(17-2)14-4-3-13(10-15(14)16)9-12-5-7-18-8-6-12/h3-8,10-11,17H,9H2,1-2H3. The number of benzene rings is 1. The van der Waals surface area contributed by atoms with Gasteiger partial charge in [-0.15, -0.1) is 0 Å². The van der Waals surface area contributed by atoms with Crippen LogP contribution in [0.3, 0.4) is 0 Å². The molecule has 0 aliphatic heterocycles. The quantitative estimate of drug-likeness (QED) is 0.909. The van der Waals surface area contributed by atoms with E-state index in [0.29, 0.717) is 0 Å². The lowest BCUT2D eigenvalue weighted by molar-refractivity contribution is 0.652. The molecular formula is C15H17ClN2. The monoisotopic (exact) mass is 260 g/mol. The molecule has 1 unspecified atom stereocenters. The van der Waals surface area contributed by atoms with Crippen LogP contribution in [0.5, 0.6) is 0 Å². The molecule has 18 heavy (non-hydrogen) atoms. The van der Waals surface area contributed by atoms with Crippen LogP contribution in [0.4, 0.5) is 0 Å². The molecule has 1 aromatic heterocycles. The zero-order valence-corrected chi connectivity index (χ0v) is 11.4. The molecule has 0 amide bonds. The van der Waals surface area contributed by atoms with Crippen LogP contribution in [0.15, 0.2) is 42.7 Å². The molecule has 0 aliphatic carbocycles. The molecule has 1 heterocycles. The maximum atomic E-state index is 6.32. The lowest BCUT2D eigenvalue weighted by Gasteiger charge is -2.13. The van der Waals surface area contributed by atoms with E-state index in [9.17, 15) is 0 Å². The lowest BCUT2D eigenvalue weighted by Crippen LogP contribution is -2.12. The van der Waals surface area contributed by atoms with E-state index in [1.165, 1.54) is 11.1 Å². The highest BCUT2D eigenvalue weighted by molar-refractivity contribution is 6.31. The fourth-order valence-electron chi connectivity index (χ4n) is 1.92. The van der Waals surface area contributed by atoms with Gasteiger partial charge in [-0.2, -0.15) is 0 Å². The van der Waals surface area contributed by atoms with E-state index in [2.05, 4.69) is 29.4 Å². The largest absolute Gasteiger partial charge is 0.313 e. The molecule has 1 aromatic carbocycles. The van der Waals surface area contributed by atoms with E-state index in [1.807, 2.05) is 37.6 Å². The van der Waals surface area contributed by atoms with Crippen molar-refractivity contribution in [3.05, 3.63) is 64.4 Å². The topological polar surface area (TPSA) is 24.9 Å². The average molecular weight is 261 g/mol. The van der Waals surface area contributed by atoms with Crippen molar-refractivity contribution in [1.29, 1.82) is 0 Å². The molecule has 2 nitrogen and oxygen atoms in total. The van der Waals surface area contributed by atoms with Gasteiger partial charge in [-0.3, -0.25) is 4.98 Å². The Bertz CT molecular complexity index is 511. The molecule has 1 atom stereocenters. The molecule has 0 spiro atoms. The van der Waals surface area contributed by atoms with Gasteiger partial charge >= 0.3 is 0 Å². The van der Waals surface area contributed by atoms with Crippen molar-refractivity contribution >= 4 is 11.6 Å². The van der Waals surface area contributed by atoms with Gasteiger partial charge in [-0.1, -0.05) is 23.7 Å². The number of hydrogen-bond acceptors (Lipinski definition) is 2. The third-order valence-corrected chi connectivity index (χ3v) is 3.45. The number of pyridine rings is 1. The zero-order chi connectivity index (χ0) is 13.0. The van der Waals surface area contributed by atoms with Crippen LogP contribution in [-0.2, 0) is 6.42 Å². The molecular weight excluding hydrogens is 244 g/mol. The molecule has 0 bridgehead atoms. The fraction of sp³-hybridized carbons (Fsp3) is 0.267. The Morgan fingerprint density at radius 2 is 1.89 bits per heavy atom. The third kappa shape index (κ3) is 3.09. The summed E-state index contributed by atoms with van der Waals surface area (Å²) in [4.78, 5) is 4.02. The molecule has 2 aromatic rings. The van der Waals surface area contributed by atoms with E-state index in [1.54, 1.807) is 0 Å². The molecule has 0 saturated heterocycles. The van der Waals surface area contributed by atoms with Crippen molar-refractivity contribution in [2.45, 2.75) is 19.4 Å². The van der Waals surface area contributed by atoms with Crippen LogP contribution in [0, 0.1) is 0 Å². The van der Waals surface area contributed by atoms with E-state index >= 15 is 0 Å². The Morgan fingerprint density at radius 1 is 1.17 bits per heavy atom. The van der Waals surface area contributed by atoms with E-state index in [4.69, 9.17) is 11.6 Å². The second kappa shape index (κ2) is 5.98. The minimum atomic E-state index is 0.271. The van der Waals surface area contributed by atoms with Crippen LogP contribution in [-0.4, -0.2) is 12.0 Å². The van der Waals surface area contributed by atoms with E-state index in [0.717, 1.165) is 17.0 Å². The van der Waals surface area contributed by atoms with Crippen molar-refractivity contribution in [3.63, 3.8) is 0 Å². The summed E-state index contributed by atoms with van der Waals surface area (Å²) in [6.07, 6.45) is 4.51. The van der Waals surface area contributed by atoms with Crippen LogP contribution in [0.1, 0.15) is 29.7 Å². The average Bonchev–Trinajstić information content (AvgIpc) is 2.39. The summed E-state index contributed by atoms with van der Waals surface area (Å²) in [7, 11) is 1.94. The highest BCUT2D eigenvalue weighted by Gasteiger charge is 2.08. The Morgan fingerprint density at radius 3 is 2.50 bits per heavy atom. The van der Waals surface area contributed by atoms with Crippen LogP contribution < -0.4 is 5.32 Å². The van der Waals surface area contributed by atoms with Gasteiger partial charge in [-0.25, -0.2) is 0 Å². The van der Waals surface area contributed by atoms with Crippen molar-refractivity contribution in [1.82, 2.24) is 10.3 Å². The number of halogens is 1. The van der Waals surface area contributed by atoms with E-state index < -0.39 is 0 Å². The summed E-state index contributed by atoms with van der Waals surface area (Å²) in [5, 5.41) is 4.02. The van der Waals surface area contributed by atoms with Crippen LogP contribution in [0.2, 0.25) is 5.02 Å². The summed E-state index contributed by atoms with van der Waals surface area (Å²) in [6.45, 7) is 2.10. The Kier molecular flexibility index (Phi) is 4.34. The lowest BCUT2D eigenvalue weighted by atomic mass is 10.0. The second-order valence-corrected chi connectivity index (χ2v) is 4.81. The first kappa shape index (κ1) is 13.1. The van der Waals surface area contributed by atoms with E-state index in [-0.39, 0.29) is 6.04 Å². The maximum Gasteiger partial charge on any atom is 0.0456 e. The first-order chi connectivity index (χ1) is 8.70. The fourth-order valence-corrected chi connectivity index (χ4v) is 2.29. The molecule has 0 aliphatic rings. The summed E-state index contributed by atoms with van der Waals surface area (Å²) in [6, 6.07) is 10.6. The predicted octanol–water partition coefficient (Wildman–Crippen LogP) is 3.61. The minimum absolute atomic E-state index is 0.271. The first-order valence-corrected chi connectivity index (χ1v) is 6.43. The summed E-state index contributed by atoms with van der Waals surface area (Å²) in [5.41, 5.74) is 3.60. The van der Waals surface area contributed by atoms with Crippen LogP contribution in [0.25, 0.3) is 0 Å². The number of aromatic nitrogens is 1. The van der Waals surface area contributed by atoms with Gasteiger partial charge in [0, 0.05) is 23.5 Å². The molecule has 0 saturated carbocycles. The van der Waals surface area contributed by atoms with Gasteiger partial charge < -0.3 is 5.32 Å². The van der Waals surface area contributed by atoms with Crippen molar-refractivity contribution in [2.24, 2.45) is 0 Å². The molecule has 0 radical (unpaired) electrons.